The second-order valence-corrected chi connectivity index (χ2v) is 4.58. The van der Waals surface area contributed by atoms with Crippen molar-refractivity contribution in [2.45, 2.75) is 0 Å². The number of halogens is 1. The van der Waals surface area contributed by atoms with Gasteiger partial charge in [-0.1, -0.05) is 0 Å². The average molecular weight is 313 g/mol. The summed E-state index contributed by atoms with van der Waals surface area (Å²) in [5.41, 5.74) is 2.29. The van der Waals surface area contributed by atoms with Crippen molar-refractivity contribution >= 4 is 28.3 Å². The highest BCUT2D eigenvalue weighted by atomic mass is 127. The van der Waals surface area contributed by atoms with Gasteiger partial charge in [0.2, 0.25) is 0 Å². The first-order valence-electron chi connectivity index (χ1n) is 4.66. The van der Waals surface area contributed by atoms with Crippen molar-refractivity contribution in [2.75, 3.05) is 19.0 Å². The molecular weight excluding hydrogens is 301 g/mol. The Kier molecular flexibility index (Phi) is 2.95. The van der Waals surface area contributed by atoms with E-state index in [-0.39, 0.29) is 0 Å². The van der Waals surface area contributed by atoms with Gasteiger partial charge in [0, 0.05) is 19.8 Å². The Morgan fingerprint density at radius 2 is 1.80 bits per heavy atom. The van der Waals surface area contributed by atoms with Gasteiger partial charge in [0.05, 0.1) is 11.9 Å². The first-order valence-corrected chi connectivity index (χ1v) is 5.73. The van der Waals surface area contributed by atoms with Crippen LogP contribution in [0.2, 0.25) is 0 Å². The lowest BCUT2D eigenvalue weighted by Gasteiger charge is -2.12. The molecule has 2 aromatic rings. The lowest BCUT2D eigenvalue weighted by molar-refractivity contribution is 0.858. The van der Waals surface area contributed by atoms with Crippen molar-refractivity contribution in [1.29, 1.82) is 0 Å². The van der Waals surface area contributed by atoms with Crippen molar-refractivity contribution in [3.8, 4) is 5.69 Å². The minimum Gasteiger partial charge on any atom is -0.378 e. The van der Waals surface area contributed by atoms with Crippen LogP contribution in [0.25, 0.3) is 5.69 Å². The van der Waals surface area contributed by atoms with Gasteiger partial charge in [-0.25, -0.2) is 4.68 Å². The maximum Gasteiger partial charge on any atom is 0.105 e. The Morgan fingerprint density at radius 1 is 1.13 bits per heavy atom. The van der Waals surface area contributed by atoms with Gasteiger partial charge in [-0.3, -0.25) is 0 Å². The number of hydrogen-bond acceptors (Lipinski definition) is 2. The van der Waals surface area contributed by atoms with Gasteiger partial charge < -0.3 is 4.90 Å². The van der Waals surface area contributed by atoms with Gasteiger partial charge in [0.1, 0.15) is 3.70 Å². The lowest BCUT2D eigenvalue weighted by atomic mass is 10.2. The Hall–Kier alpha value is -1.04. The number of benzene rings is 1. The maximum absolute atomic E-state index is 4.26. The largest absolute Gasteiger partial charge is 0.378 e. The minimum absolute atomic E-state index is 1.09. The van der Waals surface area contributed by atoms with Crippen LogP contribution in [0.3, 0.4) is 0 Å². The molecule has 0 spiro atoms. The molecule has 1 aromatic carbocycles. The predicted octanol–water partition coefficient (Wildman–Crippen LogP) is 2.54. The molecule has 0 amide bonds. The smallest absolute Gasteiger partial charge is 0.105 e. The van der Waals surface area contributed by atoms with Crippen LogP contribution in [0.1, 0.15) is 0 Å². The topological polar surface area (TPSA) is 21.1 Å². The molecule has 0 aliphatic carbocycles. The van der Waals surface area contributed by atoms with E-state index in [1.54, 1.807) is 0 Å². The summed E-state index contributed by atoms with van der Waals surface area (Å²) in [5.74, 6) is 0. The van der Waals surface area contributed by atoms with Crippen molar-refractivity contribution in [2.24, 2.45) is 0 Å². The standard InChI is InChI=1S/C11H12IN3/c1-14(2)9-3-5-10(6-4-9)15-11(12)7-8-13-15/h3-8H,1-2H3. The molecule has 0 radical (unpaired) electrons. The summed E-state index contributed by atoms with van der Waals surface area (Å²) in [4.78, 5) is 2.08. The summed E-state index contributed by atoms with van der Waals surface area (Å²) in [6.45, 7) is 0. The molecule has 4 heteroatoms. The van der Waals surface area contributed by atoms with Crippen LogP contribution in [0, 0.1) is 3.70 Å². The Balaban J connectivity index is 2.36. The van der Waals surface area contributed by atoms with Crippen LogP contribution in [0.15, 0.2) is 36.5 Å². The van der Waals surface area contributed by atoms with E-state index in [0.29, 0.717) is 0 Å². The first-order chi connectivity index (χ1) is 7.18. The highest BCUT2D eigenvalue weighted by molar-refractivity contribution is 14.1. The van der Waals surface area contributed by atoms with Gasteiger partial charge in [0.25, 0.3) is 0 Å². The van der Waals surface area contributed by atoms with E-state index in [0.717, 1.165) is 9.39 Å². The van der Waals surface area contributed by atoms with Gasteiger partial charge in [-0.05, 0) is 52.9 Å². The van der Waals surface area contributed by atoms with E-state index in [2.05, 4.69) is 56.9 Å². The third-order valence-corrected chi connectivity index (χ3v) is 3.02. The molecule has 3 nitrogen and oxygen atoms in total. The third kappa shape index (κ3) is 2.14. The van der Waals surface area contributed by atoms with Crippen molar-refractivity contribution in [3.05, 3.63) is 40.2 Å². The van der Waals surface area contributed by atoms with Crippen molar-refractivity contribution in [1.82, 2.24) is 9.78 Å². The number of nitrogens with zero attached hydrogens (tertiary/aromatic N) is 3. The molecule has 2 rings (SSSR count). The zero-order chi connectivity index (χ0) is 10.8. The monoisotopic (exact) mass is 313 g/mol. The van der Waals surface area contributed by atoms with Gasteiger partial charge >= 0.3 is 0 Å². The molecule has 0 saturated carbocycles. The summed E-state index contributed by atoms with van der Waals surface area (Å²) in [5, 5.41) is 4.26. The number of anilines is 1. The zero-order valence-corrected chi connectivity index (χ0v) is 10.8. The van der Waals surface area contributed by atoms with E-state index in [1.807, 2.05) is 31.0 Å². The summed E-state index contributed by atoms with van der Waals surface area (Å²) >= 11 is 2.27. The van der Waals surface area contributed by atoms with Crippen LogP contribution >= 0.6 is 22.6 Å². The summed E-state index contributed by atoms with van der Waals surface area (Å²) in [6.07, 6.45) is 1.81. The fourth-order valence-corrected chi connectivity index (χ4v) is 1.93. The molecule has 0 aliphatic rings. The first kappa shape index (κ1) is 10.5. The van der Waals surface area contributed by atoms with Crippen molar-refractivity contribution < 1.29 is 0 Å². The van der Waals surface area contributed by atoms with Gasteiger partial charge in [-0.2, -0.15) is 5.10 Å². The molecule has 0 fully saturated rings. The molecule has 0 N–H and O–H groups in total. The molecule has 0 saturated heterocycles. The number of hydrogen-bond donors (Lipinski definition) is 0. The molecule has 78 valence electrons. The minimum atomic E-state index is 1.09. The Bertz CT molecular complexity index is 445. The molecule has 0 bridgehead atoms. The quantitative estimate of drug-likeness (QED) is 0.795. The Morgan fingerprint density at radius 3 is 2.27 bits per heavy atom. The van der Waals surface area contributed by atoms with Gasteiger partial charge in [0.15, 0.2) is 0 Å². The van der Waals surface area contributed by atoms with E-state index in [4.69, 9.17) is 0 Å². The zero-order valence-electron chi connectivity index (χ0n) is 8.68. The molecular formula is C11H12IN3. The van der Waals surface area contributed by atoms with Crippen LogP contribution in [0.4, 0.5) is 5.69 Å². The Labute approximate surface area is 103 Å². The predicted molar refractivity (Wildman–Crippen MR) is 70.6 cm³/mol. The summed E-state index contributed by atoms with van der Waals surface area (Å²) < 4.78 is 3.03. The molecule has 0 aliphatic heterocycles. The maximum atomic E-state index is 4.26. The van der Waals surface area contributed by atoms with E-state index >= 15 is 0 Å². The fraction of sp³-hybridized carbons (Fsp3) is 0.182. The van der Waals surface area contributed by atoms with E-state index in [1.165, 1.54) is 5.69 Å². The fourth-order valence-electron chi connectivity index (χ4n) is 1.37. The molecule has 0 atom stereocenters. The molecule has 15 heavy (non-hydrogen) atoms. The molecule has 1 heterocycles. The second kappa shape index (κ2) is 4.22. The normalized spacial score (nSPS) is 10.3. The van der Waals surface area contributed by atoms with E-state index < -0.39 is 0 Å². The second-order valence-electron chi connectivity index (χ2n) is 3.48. The van der Waals surface area contributed by atoms with Crippen molar-refractivity contribution in [3.63, 3.8) is 0 Å². The summed E-state index contributed by atoms with van der Waals surface area (Å²) in [7, 11) is 4.07. The average Bonchev–Trinajstić information content (AvgIpc) is 2.65. The molecule has 1 aromatic heterocycles. The highest BCUT2D eigenvalue weighted by Gasteiger charge is 2.01. The number of aromatic nitrogens is 2. The van der Waals surface area contributed by atoms with Crippen LogP contribution in [-0.4, -0.2) is 23.9 Å². The van der Waals surface area contributed by atoms with Crippen LogP contribution in [0.5, 0.6) is 0 Å². The third-order valence-electron chi connectivity index (χ3n) is 2.21. The van der Waals surface area contributed by atoms with Gasteiger partial charge in [-0.15, -0.1) is 0 Å². The SMILES string of the molecule is CN(C)c1ccc(-n2nccc2I)cc1. The molecule has 0 unspecified atom stereocenters. The van der Waals surface area contributed by atoms with Crippen LogP contribution < -0.4 is 4.90 Å². The van der Waals surface area contributed by atoms with Crippen LogP contribution in [-0.2, 0) is 0 Å². The highest BCUT2D eigenvalue weighted by Crippen LogP contribution is 2.16. The number of rotatable bonds is 2. The summed E-state index contributed by atoms with van der Waals surface area (Å²) in [6, 6.07) is 10.3. The lowest BCUT2D eigenvalue weighted by Crippen LogP contribution is -2.08. The van der Waals surface area contributed by atoms with E-state index in [9.17, 15) is 0 Å².